The SMILES string of the molecule is CC(C)[C@H]1CCN(C(=O)[C@@H](NC(=O)N[C@H](C(=O)OCC2CC2)C(C)(C)C)C(C)(C)C)[C@@H]1C(=O)NC(CC1CC1)C(=O)C(N)=O. The minimum Gasteiger partial charge on any atom is -0.464 e. The highest BCUT2D eigenvalue weighted by atomic mass is 16.5. The normalized spacial score (nSPS) is 22.5. The van der Waals surface area contributed by atoms with Crippen LogP contribution in [0.25, 0.3) is 0 Å². The van der Waals surface area contributed by atoms with Crippen molar-refractivity contribution in [3.63, 3.8) is 0 Å². The lowest BCUT2D eigenvalue weighted by atomic mass is 9.84. The lowest BCUT2D eigenvalue weighted by Gasteiger charge is -2.37. The third-order valence-electron chi connectivity index (χ3n) is 8.92. The number of likely N-dealkylation sites (tertiary alicyclic amines) is 1. The zero-order chi connectivity index (χ0) is 33.1. The van der Waals surface area contributed by atoms with Crippen LogP contribution in [0.2, 0.25) is 0 Å². The van der Waals surface area contributed by atoms with Crippen LogP contribution in [-0.4, -0.2) is 77.7 Å². The van der Waals surface area contributed by atoms with Gasteiger partial charge < -0.3 is 31.3 Å². The van der Waals surface area contributed by atoms with Gasteiger partial charge in [-0.05, 0) is 60.2 Å². The van der Waals surface area contributed by atoms with Gasteiger partial charge in [-0.15, -0.1) is 0 Å². The van der Waals surface area contributed by atoms with Gasteiger partial charge in [-0.3, -0.25) is 19.2 Å². The average molecular weight is 620 g/mol. The Morgan fingerprint density at radius 2 is 1.36 bits per heavy atom. The van der Waals surface area contributed by atoms with Gasteiger partial charge in [0.2, 0.25) is 17.6 Å². The molecular weight excluding hydrogens is 566 g/mol. The molecule has 3 fully saturated rings. The number of Topliss-reactive ketones (excluding diaryl/α,β-unsaturated/α-hetero) is 1. The Morgan fingerprint density at radius 1 is 0.818 bits per heavy atom. The van der Waals surface area contributed by atoms with Crippen molar-refractivity contribution < 1.29 is 33.5 Å². The van der Waals surface area contributed by atoms with Crippen molar-refractivity contribution in [1.29, 1.82) is 0 Å². The molecule has 1 unspecified atom stereocenters. The molecule has 5 atom stereocenters. The number of esters is 1. The maximum atomic E-state index is 14.2. The van der Waals surface area contributed by atoms with Crippen LogP contribution in [0.5, 0.6) is 0 Å². The number of nitrogens with zero attached hydrogens (tertiary/aromatic N) is 1. The van der Waals surface area contributed by atoms with E-state index in [9.17, 15) is 28.8 Å². The zero-order valence-corrected chi connectivity index (χ0v) is 27.7. The summed E-state index contributed by atoms with van der Waals surface area (Å²) in [7, 11) is 0. The van der Waals surface area contributed by atoms with E-state index in [4.69, 9.17) is 10.5 Å². The van der Waals surface area contributed by atoms with Crippen LogP contribution >= 0.6 is 0 Å². The molecule has 0 spiro atoms. The number of hydrogen-bond acceptors (Lipinski definition) is 7. The summed E-state index contributed by atoms with van der Waals surface area (Å²) in [5.74, 6) is -3.00. The zero-order valence-electron chi connectivity index (χ0n) is 27.7. The van der Waals surface area contributed by atoms with E-state index in [1.807, 2.05) is 55.4 Å². The van der Waals surface area contributed by atoms with Gasteiger partial charge >= 0.3 is 12.0 Å². The number of urea groups is 1. The summed E-state index contributed by atoms with van der Waals surface area (Å²) in [5, 5.41) is 8.26. The molecule has 5 N–H and O–H groups in total. The summed E-state index contributed by atoms with van der Waals surface area (Å²) in [6, 6.07) is -4.63. The second-order valence-electron chi connectivity index (χ2n) is 15.4. The standard InChI is InChI=1S/C32H53N5O7/c1-17(2)20-13-14-37(22(20)27(40)34-21(15-18-9-10-18)23(38)26(33)39)28(41)24(31(3,4)5)35-30(43)36-25(32(6,7)8)29(42)44-16-19-11-12-19/h17-22,24-25H,9-16H2,1-8H3,(H2,33,39)(H,34,40)(H2,35,36,43)/t20-,21?,22+,24-,25-/m1/s1. The number of carbonyl (C=O) groups excluding carboxylic acids is 6. The smallest absolute Gasteiger partial charge is 0.329 e. The van der Waals surface area contributed by atoms with Crippen molar-refractivity contribution in [2.24, 2.45) is 40.2 Å². The van der Waals surface area contributed by atoms with Gasteiger partial charge in [-0.1, -0.05) is 68.2 Å². The van der Waals surface area contributed by atoms with E-state index < -0.39 is 70.5 Å². The van der Waals surface area contributed by atoms with Gasteiger partial charge in [0.1, 0.15) is 18.1 Å². The third-order valence-corrected chi connectivity index (χ3v) is 8.92. The van der Waals surface area contributed by atoms with Crippen molar-refractivity contribution in [2.45, 2.75) is 118 Å². The van der Waals surface area contributed by atoms with Gasteiger partial charge in [0.25, 0.3) is 5.91 Å². The van der Waals surface area contributed by atoms with E-state index >= 15 is 0 Å². The first kappa shape index (κ1) is 35.3. The molecule has 3 aliphatic rings. The molecule has 44 heavy (non-hydrogen) atoms. The molecule has 3 rings (SSSR count). The molecule has 1 saturated heterocycles. The second-order valence-corrected chi connectivity index (χ2v) is 15.4. The summed E-state index contributed by atoms with van der Waals surface area (Å²) < 4.78 is 5.47. The van der Waals surface area contributed by atoms with Crippen LogP contribution in [-0.2, 0) is 28.7 Å². The molecule has 0 aromatic carbocycles. The molecule has 2 saturated carbocycles. The fraction of sp³-hybridized carbons (Fsp3) is 0.812. The molecule has 1 aliphatic heterocycles. The van der Waals surface area contributed by atoms with Crippen molar-refractivity contribution in [1.82, 2.24) is 20.9 Å². The Balaban J connectivity index is 1.80. The molecule has 0 aromatic heterocycles. The van der Waals surface area contributed by atoms with Crippen LogP contribution in [0.4, 0.5) is 4.79 Å². The Labute approximate surface area is 261 Å². The Hall–Kier alpha value is -3.18. The number of primary amides is 1. The average Bonchev–Trinajstić information content (AvgIpc) is 3.84. The largest absolute Gasteiger partial charge is 0.464 e. The Bertz CT molecular complexity index is 1120. The quantitative estimate of drug-likeness (QED) is 0.180. The van der Waals surface area contributed by atoms with Gasteiger partial charge in [0, 0.05) is 6.54 Å². The maximum absolute atomic E-state index is 14.2. The van der Waals surface area contributed by atoms with Crippen molar-refractivity contribution in [3.8, 4) is 0 Å². The van der Waals surface area contributed by atoms with Crippen LogP contribution in [0.15, 0.2) is 0 Å². The molecule has 248 valence electrons. The molecule has 0 radical (unpaired) electrons. The minimum atomic E-state index is -1.11. The molecular formula is C32H53N5O7. The summed E-state index contributed by atoms with van der Waals surface area (Å²) in [4.78, 5) is 80.0. The first-order chi connectivity index (χ1) is 20.3. The molecule has 0 aromatic rings. The number of ether oxygens (including phenoxy) is 1. The highest BCUT2D eigenvalue weighted by Gasteiger charge is 2.48. The predicted molar refractivity (Wildman–Crippen MR) is 164 cm³/mol. The van der Waals surface area contributed by atoms with Crippen LogP contribution in [0.1, 0.15) is 93.9 Å². The van der Waals surface area contributed by atoms with E-state index in [1.165, 1.54) is 4.90 Å². The van der Waals surface area contributed by atoms with E-state index in [0.717, 1.165) is 25.7 Å². The van der Waals surface area contributed by atoms with Crippen LogP contribution in [0, 0.1) is 34.5 Å². The molecule has 12 heteroatoms. The lowest BCUT2D eigenvalue weighted by molar-refractivity contribution is -0.149. The third kappa shape index (κ3) is 9.41. The van der Waals surface area contributed by atoms with Gasteiger partial charge in [-0.2, -0.15) is 0 Å². The fourth-order valence-corrected chi connectivity index (χ4v) is 5.76. The van der Waals surface area contributed by atoms with Crippen molar-refractivity contribution in [3.05, 3.63) is 0 Å². The number of rotatable bonds is 13. The number of amides is 5. The molecule has 1 heterocycles. The predicted octanol–water partition coefficient (Wildman–Crippen LogP) is 2.28. The fourth-order valence-electron chi connectivity index (χ4n) is 5.76. The summed E-state index contributed by atoms with van der Waals surface area (Å²) in [6.07, 6.45) is 4.75. The number of hydrogen-bond donors (Lipinski definition) is 4. The number of carbonyl (C=O) groups is 6. The highest BCUT2D eigenvalue weighted by Crippen LogP contribution is 2.36. The van der Waals surface area contributed by atoms with Crippen LogP contribution < -0.4 is 21.7 Å². The van der Waals surface area contributed by atoms with Crippen LogP contribution in [0.3, 0.4) is 0 Å². The number of ketones is 1. The summed E-state index contributed by atoms with van der Waals surface area (Å²) in [5.41, 5.74) is 3.87. The molecule has 5 amide bonds. The van der Waals surface area contributed by atoms with Gasteiger partial charge in [0.05, 0.1) is 12.6 Å². The topological polar surface area (TPSA) is 177 Å². The second kappa shape index (κ2) is 13.9. The minimum absolute atomic E-state index is 0.0378. The molecule has 0 bridgehead atoms. The molecule has 12 nitrogen and oxygen atoms in total. The monoisotopic (exact) mass is 619 g/mol. The van der Waals surface area contributed by atoms with Gasteiger partial charge in [0.15, 0.2) is 0 Å². The van der Waals surface area contributed by atoms with Crippen molar-refractivity contribution >= 4 is 35.5 Å². The first-order valence-corrected chi connectivity index (χ1v) is 16.0. The Morgan fingerprint density at radius 3 is 1.84 bits per heavy atom. The highest BCUT2D eigenvalue weighted by molar-refractivity contribution is 6.37. The van der Waals surface area contributed by atoms with E-state index in [2.05, 4.69) is 16.0 Å². The van der Waals surface area contributed by atoms with E-state index in [-0.39, 0.29) is 24.3 Å². The Kier molecular flexibility index (Phi) is 11.1. The number of nitrogens with two attached hydrogens (primary N) is 1. The first-order valence-electron chi connectivity index (χ1n) is 16.0. The van der Waals surface area contributed by atoms with Gasteiger partial charge in [-0.25, -0.2) is 9.59 Å². The molecule has 2 aliphatic carbocycles. The van der Waals surface area contributed by atoms with E-state index in [0.29, 0.717) is 25.4 Å². The maximum Gasteiger partial charge on any atom is 0.329 e. The summed E-state index contributed by atoms with van der Waals surface area (Å²) >= 11 is 0. The lowest BCUT2D eigenvalue weighted by Crippen LogP contribution is -2.62. The summed E-state index contributed by atoms with van der Waals surface area (Å²) in [6.45, 7) is 15.4. The van der Waals surface area contributed by atoms with E-state index in [1.54, 1.807) is 0 Å². The van der Waals surface area contributed by atoms with Crippen molar-refractivity contribution in [2.75, 3.05) is 13.2 Å². The number of nitrogens with one attached hydrogen (secondary N) is 3.